The van der Waals surface area contributed by atoms with E-state index in [1.165, 1.54) is 0 Å². The third-order valence-corrected chi connectivity index (χ3v) is 2.93. The van der Waals surface area contributed by atoms with Gasteiger partial charge in [-0.25, -0.2) is 0 Å². The maximum atomic E-state index is 11.6. The second-order valence-electron chi connectivity index (χ2n) is 4.60. The molecular weight excluding hydrogens is 226 g/mol. The van der Waals surface area contributed by atoms with Crippen molar-refractivity contribution >= 4 is 5.91 Å². The van der Waals surface area contributed by atoms with Crippen molar-refractivity contribution in [1.29, 1.82) is 0 Å². The molecule has 0 spiro atoms. The van der Waals surface area contributed by atoms with Crippen LogP contribution < -0.4 is 5.32 Å². The zero-order valence-electron chi connectivity index (χ0n) is 11.1. The molecule has 0 aliphatic carbocycles. The average molecular weight is 249 g/mol. The summed E-state index contributed by atoms with van der Waals surface area (Å²) in [6.45, 7) is 2.66. The lowest BCUT2D eigenvalue weighted by atomic mass is 10.1. The van der Waals surface area contributed by atoms with Gasteiger partial charge in [-0.3, -0.25) is 4.79 Å². The fourth-order valence-corrected chi connectivity index (χ4v) is 1.77. The molecule has 1 aromatic rings. The zero-order valence-corrected chi connectivity index (χ0v) is 11.1. The van der Waals surface area contributed by atoms with Gasteiger partial charge < -0.3 is 10.4 Å². The maximum absolute atomic E-state index is 11.6. The molecule has 0 bridgehead atoms. The van der Waals surface area contributed by atoms with Crippen LogP contribution >= 0.6 is 0 Å². The molecule has 2 N–H and O–H groups in total. The van der Waals surface area contributed by atoms with E-state index in [0.29, 0.717) is 19.4 Å². The van der Waals surface area contributed by atoms with Crippen molar-refractivity contribution in [3.05, 3.63) is 35.9 Å². The molecule has 100 valence electrons. The van der Waals surface area contributed by atoms with Crippen LogP contribution in [0, 0.1) is 0 Å². The number of amides is 1. The minimum Gasteiger partial charge on any atom is -0.393 e. The standard InChI is InChI=1S/C15H23NO2/c1-2-3-9-14(17)10-11-15(18)16-12-13-7-5-4-6-8-13/h4-8,14,17H,2-3,9-12H2,1H3,(H,16,18)/t14-/m0/s1. The average Bonchev–Trinajstić information content (AvgIpc) is 2.41. The Bertz CT molecular complexity index is 338. The highest BCUT2D eigenvalue weighted by molar-refractivity contribution is 5.75. The first-order valence-corrected chi connectivity index (χ1v) is 6.71. The van der Waals surface area contributed by atoms with Crippen molar-refractivity contribution in [1.82, 2.24) is 5.32 Å². The lowest BCUT2D eigenvalue weighted by Gasteiger charge is -2.10. The first kappa shape index (κ1) is 14.7. The molecule has 0 saturated carbocycles. The number of carbonyl (C=O) groups is 1. The van der Waals surface area contributed by atoms with Gasteiger partial charge in [0.05, 0.1) is 6.10 Å². The van der Waals surface area contributed by atoms with E-state index in [1.807, 2.05) is 30.3 Å². The zero-order chi connectivity index (χ0) is 13.2. The van der Waals surface area contributed by atoms with E-state index in [4.69, 9.17) is 0 Å². The molecular formula is C15H23NO2. The molecule has 0 saturated heterocycles. The van der Waals surface area contributed by atoms with Crippen molar-refractivity contribution < 1.29 is 9.90 Å². The molecule has 1 rings (SSSR count). The number of aliphatic hydroxyl groups excluding tert-OH is 1. The summed E-state index contributed by atoms with van der Waals surface area (Å²) in [5, 5.41) is 12.5. The van der Waals surface area contributed by atoms with Crippen LogP contribution in [0.15, 0.2) is 30.3 Å². The summed E-state index contributed by atoms with van der Waals surface area (Å²) >= 11 is 0. The molecule has 1 aromatic carbocycles. The van der Waals surface area contributed by atoms with Gasteiger partial charge in [-0.05, 0) is 18.4 Å². The lowest BCUT2D eigenvalue weighted by Crippen LogP contribution is -2.23. The number of carbonyl (C=O) groups excluding carboxylic acids is 1. The maximum Gasteiger partial charge on any atom is 0.220 e. The minimum absolute atomic E-state index is 0.00871. The van der Waals surface area contributed by atoms with Gasteiger partial charge >= 0.3 is 0 Å². The minimum atomic E-state index is -0.340. The Kier molecular flexibility index (Phi) is 7.11. The second-order valence-corrected chi connectivity index (χ2v) is 4.60. The van der Waals surface area contributed by atoms with Crippen LogP contribution in [0.1, 0.15) is 44.6 Å². The monoisotopic (exact) mass is 249 g/mol. The van der Waals surface area contributed by atoms with Crippen molar-refractivity contribution in [3.8, 4) is 0 Å². The smallest absolute Gasteiger partial charge is 0.220 e. The quantitative estimate of drug-likeness (QED) is 0.744. The van der Waals surface area contributed by atoms with Gasteiger partial charge in [0, 0.05) is 13.0 Å². The van der Waals surface area contributed by atoms with Crippen LogP contribution in [0.5, 0.6) is 0 Å². The van der Waals surface area contributed by atoms with Gasteiger partial charge in [0.2, 0.25) is 5.91 Å². The van der Waals surface area contributed by atoms with Crippen molar-refractivity contribution in [2.45, 2.75) is 51.7 Å². The molecule has 1 amide bonds. The van der Waals surface area contributed by atoms with Crippen LogP contribution in [0.2, 0.25) is 0 Å². The molecule has 0 radical (unpaired) electrons. The summed E-state index contributed by atoms with van der Waals surface area (Å²) in [7, 11) is 0. The highest BCUT2D eigenvalue weighted by Gasteiger charge is 2.07. The number of rotatable bonds is 8. The number of benzene rings is 1. The summed E-state index contributed by atoms with van der Waals surface area (Å²) in [4.78, 5) is 11.6. The molecule has 3 heteroatoms. The van der Waals surface area contributed by atoms with E-state index in [9.17, 15) is 9.90 Å². The summed E-state index contributed by atoms with van der Waals surface area (Å²) in [5.74, 6) is 0.00871. The predicted molar refractivity (Wildman–Crippen MR) is 73.1 cm³/mol. The first-order chi connectivity index (χ1) is 8.72. The number of unbranched alkanes of at least 4 members (excludes halogenated alkanes) is 1. The number of nitrogens with one attached hydrogen (secondary N) is 1. The molecule has 3 nitrogen and oxygen atoms in total. The van der Waals surface area contributed by atoms with E-state index < -0.39 is 0 Å². The Morgan fingerprint density at radius 1 is 1.28 bits per heavy atom. The van der Waals surface area contributed by atoms with E-state index in [0.717, 1.165) is 24.8 Å². The highest BCUT2D eigenvalue weighted by Crippen LogP contribution is 2.06. The topological polar surface area (TPSA) is 49.3 Å². The van der Waals surface area contributed by atoms with Gasteiger partial charge in [0.25, 0.3) is 0 Å². The van der Waals surface area contributed by atoms with Crippen LogP contribution in [0.25, 0.3) is 0 Å². The lowest BCUT2D eigenvalue weighted by molar-refractivity contribution is -0.121. The van der Waals surface area contributed by atoms with Gasteiger partial charge in [-0.15, -0.1) is 0 Å². The van der Waals surface area contributed by atoms with E-state index >= 15 is 0 Å². The molecule has 0 aliphatic heterocycles. The Labute approximate surface area is 109 Å². The second kappa shape index (κ2) is 8.70. The van der Waals surface area contributed by atoms with Crippen LogP contribution in [-0.4, -0.2) is 17.1 Å². The molecule has 0 unspecified atom stereocenters. The van der Waals surface area contributed by atoms with E-state index in [2.05, 4.69) is 12.2 Å². The van der Waals surface area contributed by atoms with Crippen molar-refractivity contribution in [2.24, 2.45) is 0 Å². The fraction of sp³-hybridized carbons (Fsp3) is 0.533. The molecule has 0 fully saturated rings. The Balaban J connectivity index is 2.14. The van der Waals surface area contributed by atoms with Crippen LogP contribution in [-0.2, 0) is 11.3 Å². The van der Waals surface area contributed by atoms with Crippen molar-refractivity contribution in [2.75, 3.05) is 0 Å². The number of hydrogen-bond donors (Lipinski definition) is 2. The van der Waals surface area contributed by atoms with Gasteiger partial charge in [-0.2, -0.15) is 0 Å². The normalized spacial score (nSPS) is 12.1. The first-order valence-electron chi connectivity index (χ1n) is 6.71. The largest absolute Gasteiger partial charge is 0.393 e. The van der Waals surface area contributed by atoms with Crippen molar-refractivity contribution in [3.63, 3.8) is 0 Å². The van der Waals surface area contributed by atoms with Crippen LogP contribution in [0.3, 0.4) is 0 Å². The summed E-state index contributed by atoms with van der Waals surface area (Å²) in [5.41, 5.74) is 1.09. The molecule has 1 atom stereocenters. The SMILES string of the molecule is CCCC[C@H](O)CCC(=O)NCc1ccccc1. The molecule has 0 aromatic heterocycles. The summed E-state index contributed by atoms with van der Waals surface area (Å²) in [6, 6.07) is 9.83. The Morgan fingerprint density at radius 3 is 2.67 bits per heavy atom. The molecule has 18 heavy (non-hydrogen) atoms. The van der Waals surface area contributed by atoms with Gasteiger partial charge in [-0.1, -0.05) is 50.1 Å². The Morgan fingerprint density at radius 2 is 2.00 bits per heavy atom. The molecule has 0 aliphatic rings. The predicted octanol–water partition coefficient (Wildman–Crippen LogP) is 2.63. The fourth-order valence-electron chi connectivity index (χ4n) is 1.77. The van der Waals surface area contributed by atoms with Crippen LogP contribution in [0.4, 0.5) is 0 Å². The van der Waals surface area contributed by atoms with Gasteiger partial charge in [0.1, 0.15) is 0 Å². The molecule has 0 heterocycles. The Hall–Kier alpha value is -1.35. The third kappa shape index (κ3) is 6.40. The van der Waals surface area contributed by atoms with E-state index in [-0.39, 0.29) is 12.0 Å². The summed E-state index contributed by atoms with van der Waals surface area (Å²) < 4.78 is 0. The third-order valence-electron chi connectivity index (χ3n) is 2.93. The van der Waals surface area contributed by atoms with E-state index in [1.54, 1.807) is 0 Å². The number of hydrogen-bond acceptors (Lipinski definition) is 2. The summed E-state index contributed by atoms with van der Waals surface area (Å²) in [6.07, 6.45) is 3.51. The highest BCUT2D eigenvalue weighted by atomic mass is 16.3. The van der Waals surface area contributed by atoms with Gasteiger partial charge in [0.15, 0.2) is 0 Å². The number of aliphatic hydroxyl groups is 1.